The fourth-order valence-corrected chi connectivity index (χ4v) is 1.41. The van der Waals surface area contributed by atoms with Crippen molar-refractivity contribution in [2.45, 2.75) is 18.9 Å². The molecule has 0 saturated heterocycles. The molecule has 0 unspecified atom stereocenters. The number of carbonyl (C=O) groups is 1. The number of carboxylic acids is 1. The number of nitrogens with one attached hydrogen (secondary N) is 1. The highest BCUT2D eigenvalue weighted by molar-refractivity contribution is 5.87. The van der Waals surface area contributed by atoms with E-state index in [9.17, 15) is 4.79 Å². The van der Waals surface area contributed by atoms with E-state index in [1.165, 1.54) is 12.8 Å². The van der Waals surface area contributed by atoms with Crippen LogP contribution in [0.3, 0.4) is 0 Å². The summed E-state index contributed by atoms with van der Waals surface area (Å²) in [6, 6.07) is 7.15. The van der Waals surface area contributed by atoms with Crippen molar-refractivity contribution in [2.75, 3.05) is 13.2 Å². The van der Waals surface area contributed by atoms with Gasteiger partial charge in [0, 0.05) is 12.6 Å². The maximum absolute atomic E-state index is 10.6. The highest BCUT2D eigenvalue weighted by atomic mass is 16.5. The topological polar surface area (TPSA) is 58.6 Å². The molecule has 0 aromatic heterocycles. The van der Waals surface area contributed by atoms with Crippen LogP contribution < -0.4 is 10.1 Å². The van der Waals surface area contributed by atoms with Crippen LogP contribution in [0.2, 0.25) is 0 Å². The van der Waals surface area contributed by atoms with Crippen molar-refractivity contribution in [2.24, 2.45) is 0 Å². The van der Waals surface area contributed by atoms with Crippen LogP contribution in [0.4, 0.5) is 0 Å². The second-order valence-corrected chi connectivity index (χ2v) is 3.91. The molecule has 0 atom stereocenters. The van der Waals surface area contributed by atoms with Gasteiger partial charge in [-0.1, -0.05) is 0 Å². The molecular formula is C12H15NO3. The van der Waals surface area contributed by atoms with Crippen LogP contribution in [0.1, 0.15) is 23.2 Å². The largest absolute Gasteiger partial charge is 0.492 e. The molecule has 2 N–H and O–H groups in total. The molecule has 0 bridgehead atoms. The predicted octanol–water partition coefficient (Wildman–Crippen LogP) is 1.52. The summed E-state index contributed by atoms with van der Waals surface area (Å²) >= 11 is 0. The Morgan fingerprint density at radius 1 is 1.38 bits per heavy atom. The first-order chi connectivity index (χ1) is 7.75. The molecule has 1 aromatic carbocycles. The van der Waals surface area contributed by atoms with E-state index in [0.29, 0.717) is 18.4 Å². The van der Waals surface area contributed by atoms with Crippen molar-refractivity contribution in [1.29, 1.82) is 0 Å². The highest BCUT2D eigenvalue weighted by Crippen LogP contribution is 2.18. The van der Waals surface area contributed by atoms with Crippen LogP contribution in [0.15, 0.2) is 24.3 Å². The van der Waals surface area contributed by atoms with Crippen molar-refractivity contribution >= 4 is 5.97 Å². The lowest BCUT2D eigenvalue weighted by Gasteiger charge is -2.06. The van der Waals surface area contributed by atoms with Gasteiger partial charge in [-0.25, -0.2) is 4.79 Å². The van der Waals surface area contributed by atoms with E-state index in [2.05, 4.69) is 5.32 Å². The number of hydrogen-bond acceptors (Lipinski definition) is 3. The normalized spacial score (nSPS) is 14.8. The van der Waals surface area contributed by atoms with Crippen molar-refractivity contribution < 1.29 is 14.6 Å². The van der Waals surface area contributed by atoms with Gasteiger partial charge in [0.2, 0.25) is 0 Å². The molecule has 4 nitrogen and oxygen atoms in total. The van der Waals surface area contributed by atoms with E-state index < -0.39 is 5.97 Å². The van der Waals surface area contributed by atoms with Gasteiger partial charge in [0.15, 0.2) is 0 Å². The Bertz CT molecular complexity index is 357. The number of carboxylic acid groups (broad SMARTS) is 1. The lowest BCUT2D eigenvalue weighted by molar-refractivity contribution is 0.0697. The summed E-state index contributed by atoms with van der Waals surface area (Å²) in [7, 11) is 0. The smallest absolute Gasteiger partial charge is 0.335 e. The Morgan fingerprint density at radius 2 is 2.06 bits per heavy atom. The molecule has 2 rings (SSSR count). The third-order valence-corrected chi connectivity index (χ3v) is 2.48. The first-order valence-corrected chi connectivity index (χ1v) is 5.45. The Labute approximate surface area is 94.2 Å². The van der Waals surface area contributed by atoms with Crippen molar-refractivity contribution in [3.8, 4) is 5.75 Å². The second kappa shape index (κ2) is 4.99. The first kappa shape index (κ1) is 11.0. The molecule has 86 valence electrons. The SMILES string of the molecule is O=C(O)c1ccc(OCCNC2CC2)cc1. The van der Waals surface area contributed by atoms with Gasteiger partial charge >= 0.3 is 5.97 Å². The quantitative estimate of drug-likeness (QED) is 0.715. The number of aromatic carboxylic acids is 1. The van der Waals surface area contributed by atoms with Gasteiger partial charge in [0.1, 0.15) is 12.4 Å². The average molecular weight is 221 g/mol. The summed E-state index contributed by atoms with van der Waals surface area (Å²) in [6.45, 7) is 1.45. The van der Waals surface area contributed by atoms with E-state index in [0.717, 1.165) is 6.54 Å². The Balaban J connectivity index is 1.73. The van der Waals surface area contributed by atoms with Gasteiger partial charge in [0.05, 0.1) is 5.56 Å². The molecule has 1 aliphatic rings. The van der Waals surface area contributed by atoms with Crippen molar-refractivity contribution in [1.82, 2.24) is 5.32 Å². The van der Waals surface area contributed by atoms with Gasteiger partial charge in [-0.15, -0.1) is 0 Å². The maximum atomic E-state index is 10.6. The summed E-state index contributed by atoms with van der Waals surface area (Å²) in [5.41, 5.74) is 0.281. The van der Waals surface area contributed by atoms with Crippen molar-refractivity contribution in [3.05, 3.63) is 29.8 Å². The molecule has 4 heteroatoms. The van der Waals surface area contributed by atoms with Crippen LogP contribution in [0.5, 0.6) is 5.75 Å². The zero-order valence-corrected chi connectivity index (χ0v) is 8.98. The van der Waals surface area contributed by atoms with Crippen molar-refractivity contribution in [3.63, 3.8) is 0 Å². The van der Waals surface area contributed by atoms with Gasteiger partial charge in [-0.05, 0) is 37.1 Å². The lowest BCUT2D eigenvalue weighted by Crippen LogP contribution is -2.22. The molecule has 1 aromatic rings. The van der Waals surface area contributed by atoms with E-state index >= 15 is 0 Å². The summed E-state index contributed by atoms with van der Waals surface area (Å²) in [6.07, 6.45) is 2.54. The summed E-state index contributed by atoms with van der Waals surface area (Å²) < 4.78 is 5.46. The van der Waals surface area contributed by atoms with E-state index in [1.807, 2.05) is 0 Å². The zero-order chi connectivity index (χ0) is 11.4. The molecular weight excluding hydrogens is 206 g/mol. The molecule has 0 radical (unpaired) electrons. The minimum Gasteiger partial charge on any atom is -0.492 e. The third kappa shape index (κ3) is 3.24. The first-order valence-electron chi connectivity index (χ1n) is 5.45. The molecule has 0 aliphatic heterocycles. The Kier molecular flexibility index (Phi) is 3.41. The molecule has 1 saturated carbocycles. The summed E-state index contributed by atoms with van der Waals surface area (Å²) in [4.78, 5) is 10.6. The van der Waals surface area contributed by atoms with E-state index in [4.69, 9.17) is 9.84 Å². The van der Waals surface area contributed by atoms with Gasteiger partial charge in [-0.2, -0.15) is 0 Å². The number of rotatable bonds is 6. The standard InChI is InChI=1S/C12H15NO3/c14-12(15)9-1-5-11(6-2-9)16-8-7-13-10-3-4-10/h1-2,5-6,10,13H,3-4,7-8H2,(H,14,15). The van der Waals surface area contributed by atoms with Crippen LogP contribution >= 0.6 is 0 Å². The fraction of sp³-hybridized carbons (Fsp3) is 0.417. The van der Waals surface area contributed by atoms with Gasteiger partial charge in [0.25, 0.3) is 0 Å². The fourth-order valence-electron chi connectivity index (χ4n) is 1.41. The summed E-state index contributed by atoms with van der Waals surface area (Å²) in [5, 5.41) is 12.0. The van der Waals surface area contributed by atoms with E-state index in [1.54, 1.807) is 24.3 Å². The van der Waals surface area contributed by atoms with Gasteiger partial charge in [-0.3, -0.25) is 0 Å². The molecule has 0 heterocycles. The Hall–Kier alpha value is -1.55. The van der Waals surface area contributed by atoms with Crippen LogP contribution in [0, 0.1) is 0 Å². The predicted molar refractivity (Wildman–Crippen MR) is 59.9 cm³/mol. The highest BCUT2D eigenvalue weighted by Gasteiger charge is 2.19. The monoisotopic (exact) mass is 221 g/mol. The van der Waals surface area contributed by atoms with Crippen LogP contribution in [0.25, 0.3) is 0 Å². The molecule has 1 fully saturated rings. The molecule has 1 aliphatic carbocycles. The molecule has 0 spiro atoms. The lowest BCUT2D eigenvalue weighted by atomic mass is 10.2. The minimum absolute atomic E-state index is 0.281. The van der Waals surface area contributed by atoms with E-state index in [-0.39, 0.29) is 5.56 Å². The molecule has 0 amide bonds. The minimum atomic E-state index is -0.915. The van der Waals surface area contributed by atoms with Crippen LogP contribution in [-0.2, 0) is 0 Å². The van der Waals surface area contributed by atoms with Gasteiger partial charge < -0.3 is 15.2 Å². The molecule has 16 heavy (non-hydrogen) atoms. The number of ether oxygens (including phenoxy) is 1. The zero-order valence-electron chi connectivity index (χ0n) is 8.98. The third-order valence-electron chi connectivity index (χ3n) is 2.48. The maximum Gasteiger partial charge on any atom is 0.335 e. The average Bonchev–Trinajstić information content (AvgIpc) is 3.09. The second-order valence-electron chi connectivity index (χ2n) is 3.91. The Morgan fingerprint density at radius 3 is 2.62 bits per heavy atom. The summed E-state index contributed by atoms with van der Waals surface area (Å²) in [5.74, 6) is -0.204. The number of hydrogen-bond donors (Lipinski definition) is 2. The van der Waals surface area contributed by atoms with Crippen LogP contribution in [-0.4, -0.2) is 30.3 Å². The number of benzene rings is 1.